The second-order valence-electron chi connectivity index (χ2n) is 4.19. The van der Waals surface area contributed by atoms with E-state index < -0.39 is 10.0 Å². The smallest absolute Gasteiger partial charge is 0.261 e. The molecule has 4 nitrogen and oxygen atoms in total. The molecule has 0 saturated heterocycles. The van der Waals surface area contributed by atoms with Crippen LogP contribution in [0.4, 0.5) is 11.4 Å². The van der Waals surface area contributed by atoms with Gasteiger partial charge >= 0.3 is 0 Å². The van der Waals surface area contributed by atoms with Crippen LogP contribution in [0.1, 0.15) is 5.56 Å². The maximum absolute atomic E-state index is 12.2. The summed E-state index contributed by atoms with van der Waals surface area (Å²) >= 11 is 0. The van der Waals surface area contributed by atoms with E-state index in [2.05, 4.69) is 10.0 Å². The van der Waals surface area contributed by atoms with Gasteiger partial charge in [0.2, 0.25) is 0 Å². The molecule has 0 radical (unpaired) electrons. The minimum Gasteiger partial charge on any atom is -0.388 e. The molecule has 2 aromatic carbocycles. The van der Waals surface area contributed by atoms with E-state index in [1.54, 1.807) is 43.4 Å². The largest absolute Gasteiger partial charge is 0.388 e. The van der Waals surface area contributed by atoms with Gasteiger partial charge in [-0.05, 0) is 42.8 Å². The van der Waals surface area contributed by atoms with Gasteiger partial charge in [0.05, 0.1) is 10.6 Å². The first-order valence-corrected chi connectivity index (χ1v) is 7.37. The third-order valence-corrected chi connectivity index (χ3v) is 4.22. The molecular formula is C14H16N2O2S. The summed E-state index contributed by atoms with van der Waals surface area (Å²) in [6.45, 7) is 1.86. The lowest BCUT2D eigenvalue weighted by molar-refractivity contribution is 0.601. The fourth-order valence-corrected chi connectivity index (χ4v) is 2.82. The molecule has 0 aliphatic carbocycles. The number of hydrogen-bond acceptors (Lipinski definition) is 3. The van der Waals surface area contributed by atoms with Crippen molar-refractivity contribution in [3.63, 3.8) is 0 Å². The first kappa shape index (κ1) is 13.4. The van der Waals surface area contributed by atoms with Crippen LogP contribution in [0.15, 0.2) is 53.4 Å². The molecule has 0 unspecified atom stereocenters. The van der Waals surface area contributed by atoms with Crippen molar-refractivity contribution in [1.82, 2.24) is 0 Å². The minimum absolute atomic E-state index is 0.245. The lowest BCUT2D eigenvalue weighted by atomic mass is 10.2. The quantitative estimate of drug-likeness (QED) is 0.902. The predicted octanol–water partition coefficient (Wildman–Crippen LogP) is 2.84. The molecule has 0 atom stereocenters. The number of nitrogens with one attached hydrogen (secondary N) is 2. The van der Waals surface area contributed by atoms with E-state index in [-0.39, 0.29) is 4.90 Å². The summed E-state index contributed by atoms with van der Waals surface area (Å²) in [4.78, 5) is 0.245. The maximum atomic E-state index is 12.2. The summed E-state index contributed by atoms with van der Waals surface area (Å²) in [5.74, 6) is 0. The van der Waals surface area contributed by atoms with Crippen LogP contribution in [0.3, 0.4) is 0 Å². The van der Waals surface area contributed by atoms with Crippen molar-refractivity contribution >= 4 is 21.4 Å². The van der Waals surface area contributed by atoms with Crippen molar-refractivity contribution in [3.05, 3.63) is 54.1 Å². The molecule has 2 N–H and O–H groups in total. The van der Waals surface area contributed by atoms with E-state index >= 15 is 0 Å². The van der Waals surface area contributed by atoms with Crippen molar-refractivity contribution in [2.75, 3.05) is 17.1 Å². The zero-order valence-electron chi connectivity index (χ0n) is 10.8. The normalized spacial score (nSPS) is 11.1. The highest BCUT2D eigenvalue weighted by atomic mass is 32.2. The lowest BCUT2D eigenvalue weighted by Gasteiger charge is -2.10. The summed E-state index contributed by atoms with van der Waals surface area (Å²) in [7, 11) is -1.75. The van der Waals surface area contributed by atoms with Crippen LogP contribution < -0.4 is 10.0 Å². The molecular weight excluding hydrogens is 260 g/mol. The zero-order chi connectivity index (χ0) is 13.9. The van der Waals surface area contributed by atoms with Crippen LogP contribution in [0, 0.1) is 6.92 Å². The van der Waals surface area contributed by atoms with Crippen LogP contribution in [-0.4, -0.2) is 15.5 Å². The van der Waals surface area contributed by atoms with Crippen LogP contribution >= 0.6 is 0 Å². The Bertz CT molecular complexity index is 664. The number of anilines is 2. The van der Waals surface area contributed by atoms with Crippen LogP contribution in [-0.2, 0) is 10.0 Å². The molecule has 0 amide bonds. The van der Waals surface area contributed by atoms with Crippen molar-refractivity contribution < 1.29 is 8.42 Å². The van der Waals surface area contributed by atoms with E-state index in [9.17, 15) is 8.42 Å². The molecule has 0 aromatic heterocycles. The minimum atomic E-state index is -3.54. The average molecular weight is 276 g/mol. The molecule has 0 aliphatic heterocycles. The fraction of sp³-hybridized carbons (Fsp3) is 0.143. The Morgan fingerprint density at radius 2 is 1.58 bits per heavy atom. The van der Waals surface area contributed by atoms with Gasteiger partial charge in [-0.1, -0.05) is 18.2 Å². The van der Waals surface area contributed by atoms with E-state index in [4.69, 9.17) is 0 Å². The molecule has 0 saturated carbocycles. The summed E-state index contributed by atoms with van der Waals surface area (Å²) in [5.41, 5.74) is 2.35. The van der Waals surface area contributed by atoms with Gasteiger partial charge in [0, 0.05) is 12.7 Å². The molecule has 0 spiro atoms. The molecule has 0 fully saturated rings. The summed E-state index contributed by atoms with van der Waals surface area (Å²) in [6.07, 6.45) is 0. The lowest BCUT2D eigenvalue weighted by Crippen LogP contribution is -2.13. The summed E-state index contributed by atoms with van der Waals surface area (Å²) in [5, 5.41) is 2.95. The standard InChI is InChI=1S/C14H16N2O2S/c1-11-5-3-4-6-14(11)16-19(17,18)13-9-7-12(15-2)8-10-13/h3-10,15-16H,1-2H3. The Hall–Kier alpha value is -2.01. The van der Waals surface area contributed by atoms with Crippen molar-refractivity contribution in [2.24, 2.45) is 0 Å². The van der Waals surface area contributed by atoms with Crippen molar-refractivity contribution in [2.45, 2.75) is 11.8 Å². The summed E-state index contributed by atoms with van der Waals surface area (Å²) < 4.78 is 27.0. The molecule has 0 bridgehead atoms. The van der Waals surface area contributed by atoms with E-state index in [0.29, 0.717) is 5.69 Å². The fourth-order valence-electron chi connectivity index (χ4n) is 1.69. The number of para-hydroxylation sites is 1. The molecule has 2 aromatic rings. The average Bonchev–Trinajstić information content (AvgIpc) is 2.41. The second kappa shape index (κ2) is 5.32. The number of sulfonamides is 1. The Balaban J connectivity index is 2.30. The van der Waals surface area contributed by atoms with Gasteiger partial charge in [-0.15, -0.1) is 0 Å². The van der Waals surface area contributed by atoms with Gasteiger partial charge in [-0.25, -0.2) is 8.42 Å². The topological polar surface area (TPSA) is 58.2 Å². The van der Waals surface area contributed by atoms with Gasteiger partial charge in [-0.3, -0.25) is 4.72 Å². The van der Waals surface area contributed by atoms with Crippen LogP contribution in [0.5, 0.6) is 0 Å². The Morgan fingerprint density at radius 3 is 2.16 bits per heavy atom. The monoisotopic (exact) mass is 276 g/mol. The third kappa shape index (κ3) is 3.06. The van der Waals surface area contributed by atoms with Gasteiger partial charge in [-0.2, -0.15) is 0 Å². The van der Waals surface area contributed by atoms with E-state index in [0.717, 1.165) is 11.3 Å². The number of rotatable bonds is 4. The third-order valence-electron chi connectivity index (χ3n) is 2.84. The Morgan fingerprint density at radius 1 is 0.947 bits per heavy atom. The zero-order valence-corrected chi connectivity index (χ0v) is 11.7. The van der Waals surface area contributed by atoms with Crippen LogP contribution in [0.25, 0.3) is 0 Å². The molecule has 0 heterocycles. The van der Waals surface area contributed by atoms with E-state index in [1.807, 2.05) is 19.1 Å². The maximum Gasteiger partial charge on any atom is 0.261 e. The SMILES string of the molecule is CNc1ccc(S(=O)(=O)Nc2ccccc2C)cc1. The van der Waals surface area contributed by atoms with Crippen LogP contribution in [0.2, 0.25) is 0 Å². The van der Waals surface area contributed by atoms with Crippen molar-refractivity contribution in [1.29, 1.82) is 0 Å². The van der Waals surface area contributed by atoms with E-state index in [1.165, 1.54) is 0 Å². The molecule has 19 heavy (non-hydrogen) atoms. The van der Waals surface area contributed by atoms with Crippen molar-refractivity contribution in [3.8, 4) is 0 Å². The number of hydrogen-bond donors (Lipinski definition) is 2. The van der Waals surface area contributed by atoms with Gasteiger partial charge in [0.15, 0.2) is 0 Å². The van der Waals surface area contributed by atoms with Gasteiger partial charge < -0.3 is 5.32 Å². The molecule has 2 rings (SSSR count). The highest BCUT2D eigenvalue weighted by Gasteiger charge is 2.14. The Labute approximate surface area is 113 Å². The highest BCUT2D eigenvalue weighted by Crippen LogP contribution is 2.20. The summed E-state index contributed by atoms with van der Waals surface area (Å²) in [6, 6.07) is 13.9. The first-order chi connectivity index (χ1) is 9.03. The Kier molecular flexibility index (Phi) is 3.76. The molecule has 5 heteroatoms. The molecule has 100 valence electrons. The second-order valence-corrected chi connectivity index (χ2v) is 5.88. The highest BCUT2D eigenvalue weighted by molar-refractivity contribution is 7.92. The number of benzene rings is 2. The van der Waals surface area contributed by atoms with Gasteiger partial charge in [0.25, 0.3) is 10.0 Å². The predicted molar refractivity (Wildman–Crippen MR) is 78.0 cm³/mol. The number of aryl methyl sites for hydroxylation is 1. The molecule has 0 aliphatic rings. The first-order valence-electron chi connectivity index (χ1n) is 5.89. The van der Waals surface area contributed by atoms with Gasteiger partial charge in [0.1, 0.15) is 0 Å².